The molecule has 2 aliphatic heterocycles. The van der Waals surface area contributed by atoms with Crippen LogP contribution in [-0.2, 0) is 29.6 Å². The second-order valence-electron chi connectivity index (χ2n) is 7.51. The van der Waals surface area contributed by atoms with Gasteiger partial charge < -0.3 is 10.1 Å². The number of piperidine rings is 1. The second-order valence-corrected chi connectivity index (χ2v) is 11.4. The zero-order valence-electron chi connectivity index (χ0n) is 17.3. The third-order valence-electron chi connectivity index (χ3n) is 5.54. The van der Waals surface area contributed by atoms with E-state index in [1.54, 1.807) is 13.8 Å². The van der Waals surface area contributed by atoms with Gasteiger partial charge in [0, 0.05) is 26.2 Å². The summed E-state index contributed by atoms with van der Waals surface area (Å²) < 4.78 is 59.0. The van der Waals surface area contributed by atoms with Crippen molar-refractivity contribution in [3.63, 3.8) is 0 Å². The Labute approximate surface area is 178 Å². The van der Waals surface area contributed by atoms with E-state index in [9.17, 15) is 21.6 Å². The zero-order chi connectivity index (χ0) is 21.9. The molecule has 1 aromatic carbocycles. The fourth-order valence-electron chi connectivity index (χ4n) is 3.66. The molecule has 0 unspecified atom stereocenters. The molecule has 0 radical (unpaired) electrons. The third-order valence-corrected chi connectivity index (χ3v) is 9.49. The van der Waals surface area contributed by atoms with Crippen LogP contribution in [0.25, 0.3) is 0 Å². The summed E-state index contributed by atoms with van der Waals surface area (Å²) in [7, 11) is -7.48. The number of carbonyl (C=O) groups is 1. The highest BCUT2D eigenvalue weighted by molar-refractivity contribution is 7.89. The first-order valence-electron chi connectivity index (χ1n) is 10.2. The van der Waals surface area contributed by atoms with Crippen molar-refractivity contribution in [3.05, 3.63) is 24.3 Å². The first kappa shape index (κ1) is 23.1. The Kier molecular flexibility index (Phi) is 7.18. The van der Waals surface area contributed by atoms with Crippen LogP contribution < -0.4 is 5.32 Å². The highest BCUT2D eigenvalue weighted by Gasteiger charge is 2.35. The van der Waals surface area contributed by atoms with E-state index >= 15 is 0 Å². The lowest BCUT2D eigenvalue weighted by molar-refractivity contribution is -0.130. The van der Waals surface area contributed by atoms with Crippen molar-refractivity contribution in [2.45, 2.75) is 42.5 Å². The monoisotopic (exact) mass is 459 g/mol. The van der Waals surface area contributed by atoms with Crippen molar-refractivity contribution in [2.75, 3.05) is 39.4 Å². The molecule has 2 fully saturated rings. The minimum Gasteiger partial charge on any atom is -0.377 e. The summed E-state index contributed by atoms with van der Waals surface area (Å²) in [4.78, 5) is 12.5. The minimum atomic E-state index is -3.82. The van der Waals surface area contributed by atoms with Crippen LogP contribution in [0.2, 0.25) is 0 Å². The average molecular weight is 460 g/mol. The summed E-state index contributed by atoms with van der Waals surface area (Å²) in [5.74, 6) is -0.555. The van der Waals surface area contributed by atoms with Gasteiger partial charge >= 0.3 is 0 Å². The summed E-state index contributed by atoms with van der Waals surface area (Å²) in [5, 5.41) is 2.89. The largest absolute Gasteiger partial charge is 0.377 e. The molecule has 0 spiro atoms. The fourth-order valence-corrected chi connectivity index (χ4v) is 6.64. The zero-order valence-corrected chi connectivity index (χ0v) is 18.9. The van der Waals surface area contributed by atoms with Crippen molar-refractivity contribution in [1.82, 2.24) is 13.9 Å². The van der Waals surface area contributed by atoms with E-state index < -0.39 is 26.0 Å². The van der Waals surface area contributed by atoms with E-state index in [0.29, 0.717) is 45.7 Å². The van der Waals surface area contributed by atoms with Crippen molar-refractivity contribution in [2.24, 2.45) is 5.92 Å². The van der Waals surface area contributed by atoms with Gasteiger partial charge in [0.2, 0.25) is 26.0 Å². The van der Waals surface area contributed by atoms with Gasteiger partial charge in [-0.15, -0.1) is 0 Å². The van der Waals surface area contributed by atoms with Gasteiger partial charge in [0.25, 0.3) is 0 Å². The van der Waals surface area contributed by atoms with E-state index in [1.165, 1.54) is 32.9 Å². The van der Waals surface area contributed by atoms with Gasteiger partial charge in [0.1, 0.15) is 0 Å². The van der Waals surface area contributed by atoms with Gasteiger partial charge in [-0.1, -0.05) is 13.8 Å². The number of carbonyl (C=O) groups excluding carboxylic acids is 1. The van der Waals surface area contributed by atoms with Gasteiger partial charge in [-0.2, -0.15) is 8.61 Å². The maximum atomic E-state index is 13.1. The maximum Gasteiger partial charge on any atom is 0.243 e. The molecule has 9 nitrogen and oxygen atoms in total. The van der Waals surface area contributed by atoms with Gasteiger partial charge in [0.05, 0.1) is 35.0 Å². The molecule has 0 aliphatic carbocycles. The molecular weight excluding hydrogens is 430 g/mol. The number of benzene rings is 1. The molecule has 2 aliphatic rings. The van der Waals surface area contributed by atoms with Crippen LogP contribution in [-0.4, -0.2) is 76.8 Å². The number of rotatable bonds is 8. The lowest BCUT2D eigenvalue weighted by Crippen LogP contribution is -2.53. The predicted octanol–water partition coefficient (Wildman–Crippen LogP) is 0.633. The number of nitrogens with one attached hydrogen (secondary N) is 1. The van der Waals surface area contributed by atoms with E-state index in [4.69, 9.17) is 4.74 Å². The molecule has 0 bridgehead atoms. The smallest absolute Gasteiger partial charge is 0.243 e. The van der Waals surface area contributed by atoms with Crippen LogP contribution in [0.4, 0.5) is 0 Å². The quantitative estimate of drug-likeness (QED) is 0.610. The molecule has 1 atom stereocenters. The van der Waals surface area contributed by atoms with Crippen LogP contribution >= 0.6 is 0 Å². The van der Waals surface area contributed by atoms with Crippen LogP contribution in [0, 0.1) is 5.92 Å². The van der Waals surface area contributed by atoms with E-state index in [2.05, 4.69) is 5.32 Å². The van der Waals surface area contributed by atoms with E-state index in [0.717, 1.165) is 0 Å². The van der Waals surface area contributed by atoms with Crippen LogP contribution in [0.15, 0.2) is 34.1 Å². The molecule has 30 heavy (non-hydrogen) atoms. The summed E-state index contributed by atoms with van der Waals surface area (Å²) in [5.41, 5.74) is 0. The number of hydrogen-bond donors (Lipinski definition) is 1. The lowest BCUT2D eigenvalue weighted by atomic mass is 9.98. The van der Waals surface area contributed by atoms with Crippen molar-refractivity contribution in [3.8, 4) is 0 Å². The Morgan fingerprint density at radius 3 is 2.23 bits per heavy atom. The predicted molar refractivity (Wildman–Crippen MR) is 111 cm³/mol. The fraction of sp³-hybridized carbons (Fsp3) is 0.632. The summed E-state index contributed by atoms with van der Waals surface area (Å²) in [6.45, 7) is 5.60. The Hall–Kier alpha value is -1.53. The van der Waals surface area contributed by atoms with Crippen LogP contribution in [0.1, 0.15) is 26.7 Å². The maximum absolute atomic E-state index is 13.1. The molecule has 0 saturated carbocycles. The van der Waals surface area contributed by atoms with E-state index in [-0.39, 0.29) is 28.3 Å². The highest BCUT2D eigenvalue weighted by atomic mass is 32.2. The lowest BCUT2D eigenvalue weighted by Gasteiger charge is -2.33. The molecule has 1 aromatic rings. The number of sulfonamides is 2. The van der Waals surface area contributed by atoms with Gasteiger partial charge in [-0.05, 0) is 37.1 Å². The topological polar surface area (TPSA) is 113 Å². The molecule has 2 heterocycles. The summed E-state index contributed by atoms with van der Waals surface area (Å²) in [6.07, 6.45) is 1.22. The molecular formula is C19H29N3O6S2. The molecule has 3 rings (SSSR count). The summed E-state index contributed by atoms with van der Waals surface area (Å²) in [6, 6.07) is 5.29. The Bertz CT molecular complexity index is 954. The first-order chi connectivity index (χ1) is 14.2. The number of amides is 1. The van der Waals surface area contributed by atoms with Gasteiger partial charge in [0.15, 0.2) is 0 Å². The van der Waals surface area contributed by atoms with Gasteiger partial charge in [-0.25, -0.2) is 16.8 Å². The molecule has 1 amide bonds. The van der Waals surface area contributed by atoms with Crippen LogP contribution in [0.5, 0.6) is 0 Å². The SMILES string of the molecule is CCN(CC)S(=O)(=O)c1ccc(S(=O)(=O)N2CCC[C@@H](C(=O)NC3COC3)C2)cc1. The van der Waals surface area contributed by atoms with Crippen molar-refractivity contribution < 1.29 is 26.4 Å². The Morgan fingerprint density at radius 1 is 1.10 bits per heavy atom. The number of hydrogen-bond acceptors (Lipinski definition) is 6. The Balaban J connectivity index is 1.73. The number of nitrogens with zero attached hydrogens (tertiary/aromatic N) is 2. The normalized spacial score (nSPS) is 21.4. The third kappa shape index (κ3) is 4.70. The molecule has 1 N–H and O–H groups in total. The second kappa shape index (κ2) is 9.31. The van der Waals surface area contributed by atoms with Crippen LogP contribution in [0.3, 0.4) is 0 Å². The number of ether oxygens (including phenoxy) is 1. The summed E-state index contributed by atoms with van der Waals surface area (Å²) >= 11 is 0. The average Bonchev–Trinajstić information content (AvgIpc) is 2.71. The van der Waals surface area contributed by atoms with Crippen molar-refractivity contribution in [1.29, 1.82) is 0 Å². The molecule has 11 heteroatoms. The van der Waals surface area contributed by atoms with Crippen molar-refractivity contribution >= 4 is 26.0 Å². The Morgan fingerprint density at radius 2 is 1.70 bits per heavy atom. The molecule has 2 saturated heterocycles. The first-order valence-corrected chi connectivity index (χ1v) is 13.1. The molecule has 168 valence electrons. The van der Waals surface area contributed by atoms with E-state index in [1.807, 2.05) is 0 Å². The van der Waals surface area contributed by atoms with Gasteiger partial charge in [-0.3, -0.25) is 4.79 Å². The minimum absolute atomic E-state index is 0.00443. The standard InChI is InChI=1S/C19H29N3O6S2/c1-3-21(4-2)29(24,25)17-7-9-18(10-8-17)30(26,27)22-11-5-6-15(12-22)19(23)20-16-13-28-14-16/h7-10,15-16H,3-6,11-14H2,1-2H3,(H,20,23)/t15-/m1/s1. The highest BCUT2D eigenvalue weighted by Crippen LogP contribution is 2.26. The molecule has 0 aromatic heterocycles.